The fourth-order valence-corrected chi connectivity index (χ4v) is 4.09. The molecule has 0 bridgehead atoms. The first-order chi connectivity index (χ1) is 9.91. The van der Waals surface area contributed by atoms with Gasteiger partial charge in [-0.25, -0.2) is 17.2 Å². The Balaban J connectivity index is 2.16. The molecule has 2 aromatic rings. The average molecular weight is 310 g/mol. The summed E-state index contributed by atoms with van der Waals surface area (Å²) in [6.45, 7) is 0.158. The third kappa shape index (κ3) is 2.13. The third-order valence-electron chi connectivity index (χ3n) is 3.41. The molecule has 1 aliphatic rings. The molecule has 2 aromatic carbocycles. The van der Waals surface area contributed by atoms with Crippen LogP contribution < -0.4 is 10.0 Å². The van der Waals surface area contributed by atoms with Gasteiger partial charge in [-0.3, -0.25) is 4.31 Å². The molecule has 0 unspecified atom stereocenters. The van der Waals surface area contributed by atoms with Crippen LogP contribution in [0.15, 0.2) is 41.3 Å². The standard InChI is InChI=1S/C14H12F2N2O2S/c15-11-7-10(17)8-12(16)14(11)21(19,20)18-6-5-9-3-1-2-4-13(9)18/h1-4,7-8H,5-6,17H2. The topological polar surface area (TPSA) is 63.4 Å². The SMILES string of the molecule is Nc1cc(F)c(S(=O)(=O)N2CCc3ccccc32)c(F)c1. The van der Waals surface area contributed by atoms with Crippen molar-refractivity contribution in [1.82, 2.24) is 0 Å². The quantitative estimate of drug-likeness (QED) is 0.866. The molecule has 0 aromatic heterocycles. The highest BCUT2D eigenvalue weighted by atomic mass is 32.2. The van der Waals surface area contributed by atoms with E-state index in [-0.39, 0.29) is 12.2 Å². The summed E-state index contributed by atoms with van der Waals surface area (Å²) in [6, 6.07) is 8.49. The van der Waals surface area contributed by atoms with Gasteiger partial charge in [0.25, 0.3) is 10.0 Å². The molecule has 1 heterocycles. The van der Waals surface area contributed by atoms with Gasteiger partial charge in [0.2, 0.25) is 0 Å². The van der Waals surface area contributed by atoms with Gasteiger partial charge in [-0.1, -0.05) is 18.2 Å². The zero-order valence-electron chi connectivity index (χ0n) is 10.9. The van der Waals surface area contributed by atoms with Gasteiger partial charge >= 0.3 is 0 Å². The molecule has 110 valence electrons. The van der Waals surface area contributed by atoms with E-state index in [1.807, 2.05) is 0 Å². The van der Waals surface area contributed by atoms with E-state index in [4.69, 9.17) is 5.73 Å². The monoisotopic (exact) mass is 310 g/mol. The van der Waals surface area contributed by atoms with Crippen molar-refractivity contribution >= 4 is 21.4 Å². The molecule has 4 nitrogen and oxygen atoms in total. The summed E-state index contributed by atoms with van der Waals surface area (Å²) in [5, 5.41) is 0. The van der Waals surface area contributed by atoms with Crippen LogP contribution in [-0.4, -0.2) is 15.0 Å². The number of para-hydroxylation sites is 1. The zero-order valence-corrected chi connectivity index (χ0v) is 11.7. The van der Waals surface area contributed by atoms with Gasteiger partial charge in [-0.2, -0.15) is 0 Å². The maximum absolute atomic E-state index is 13.9. The summed E-state index contributed by atoms with van der Waals surface area (Å²) in [5.41, 5.74) is 6.43. The van der Waals surface area contributed by atoms with Crippen LogP contribution in [0, 0.1) is 11.6 Å². The number of rotatable bonds is 2. The van der Waals surface area contributed by atoms with Crippen molar-refractivity contribution in [2.24, 2.45) is 0 Å². The number of nitrogen functional groups attached to an aromatic ring is 1. The van der Waals surface area contributed by atoms with E-state index >= 15 is 0 Å². The van der Waals surface area contributed by atoms with Crippen LogP contribution in [0.2, 0.25) is 0 Å². The largest absolute Gasteiger partial charge is 0.399 e. The number of hydrogen-bond acceptors (Lipinski definition) is 3. The van der Waals surface area contributed by atoms with Gasteiger partial charge in [0.05, 0.1) is 5.69 Å². The number of benzene rings is 2. The highest BCUT2D eigenvalue weighted by Gasteiger charge is 2.35. The lowest BCUT2D eigenvalue weighted by molar-refractivity contribution is 0.519. The smallest absolute Gasteiger partial charge is 0.270 e. The summed E-state index contributed by atoms with van der Waals surface area (Å²) >= 11 is 0. The van der Waals surface area contributed by atoms with Gasteiger partial charge in [-0.15, -0.1) is 0 Å². The first-order valence-electron chi connectivity index (χ1n) is 6.26. The van der Waals surface area contributed by atoms with Gasteiger partial charge in [0, 0.05) is 12.2 Å². The van der Waals surface area contributed by atoms with Crippen LogP contribution in [0.3, 0.4) is 0 Å². The minimum Gasteiger partial charge on any atom is -0.399 e. The van der Waals surface area contributed by atoms with Crippen LogP contribution in [0.4, 0.5) is 20.2 Å². The molecule has 0 spiro atoms. The Morgan fingerprint density at radius 3 is 2.38 bits per heavy atom. The average Bonchev–Trinajstić information content (AvgIpc) is 2.81. The molecule has 1 aliphatic heterocycles. The Labute approximate surface area is 120 Å². The molecule has 21 heavy (non-hydrogen) atoms. The van der Waals surface area contributed by atoms with E-state index in [0.29, 0.717) is 12.1 Å². The molecule has 0 amide bonds. The molecule has 7 heteroatoms. The Kier molecular flexibility index (Phi) is 3.09. The normalized spacial score (nSPS) is 14.3. The molecular weight excluding hydrogens is 298 g/mol. The van der Waals surface area contributed by atoms with Gasteiger partial charge in [0.1, 0.15) is 11.6 Å². The van der Waals surface area contributed by atoms with Crippen LogP contribution in [0.1, 0.15) is 5.56 Å². The second-order valence-electron chi connectivity index (χ2n) is 4.77. The Hall–Kier alpha value is -2.15. The minimum atomic E-state index is -4.30. The molecular formula is C14H12F2N2O2S. The lowest BCUT2D eigenvalue weighted by atomic mass is 10.2. The number of nitrogens with two attached hydrogens (primary N) is 1. The number of hydrogen-bond donors (Lipinski definition) is 1. The first kappa shape index (κ1) is 13.8. The van der Waals surface area contributed by atoms with E-state index in [9.17, 15) is 17.2 Å². The van der Waals surface area contributed by atoms with Gasteiger partial charge in [-0.05, 0) is 30.2 Å². The van der Waals surface area contributed by atoms with Crippen LogP contribution in [0.25, 0.3) is 0 Å². The molecule has 0 radical (unpaired) electrons. The molecule has 2 N–H and O–H groups in total. The summed E-state index contributed by atoms with van der Waals surface area (Å²) in [5.74, 6) is -2.37. The number of fused-ring (bicyclic) bond motifs is 1. The van der Waals surface area contributed by atoms with Gasteiger partial charge in [0.15, 0.2) is 4.90 Å². The predicted octanol–water partition coefficient (Wildman–Crippen LogP) is 2.30. The molecule has 0 atom stereocenters. The van der Waals surface area contributed by atoms with E-state index in [0.717, 1.165) is 22.0 Å². The van der Waals surface area contributed by atoms with Crippen molar-refractivity contribution < 1.29 is 17.2 Å². The van der Waals surface area contributed by atoms with Crippen molar-refractivity contribution in [2.75, 3.05) is 16.6 Å². The number of nitrogens with zero attached hydrogens (tertiary/aromatic N) is 1. The lowest BCUT2D eigenvalue weighted by Gasteiger charge is -2.20. The molecule has 0 saturated carbocycles. The summed E-state index contributed by atoms with van der Waals surface area (Å²) < 4.78 is 54.0. The van der Waals surface area contributed by atoms with Crippen molar-refractivity contribution in [2.45, 2.75) is 11.3 Å². The fraction of sp³-hybridized carbons (Fsp3) is 0.143. The van der Waals surface area contributed by atoms with Crippen LogP contribution >= 0.6 is 0 Å². The highest BCUT2D eigenvalue weighted by Crippen LogP contribution is 2.34. The third-order valence-corrected chi connectivity index (χ3v) is 5.28. The highest BCUT2D eigenvalue weighted by molar-refractivity contribution is 7.92. The van der Waals surface area contributed by atoms with E-state index in [1.165, 1.54) is 0 Å². The predicted molar refractivity (Wildman–Crippen MR) is 75.4 cm³/mol. The van der Waals surface area contributed by atoms with E-state index in [1.54, 1.807) is 24.3 Å². The molecule has 3 rings (SSSR count). The molecule has 0 fully saturated rings. The zero-order chi connectivity index (χ0) is 15.2. The van der Waals surface area contributed by atoms with E-state index in [2.05, 4.69) is 0 Å². The first-order valence-corrected chi connectivity index (χ1v) is 7.70. The Morgan fingerprint density at radius 2 is 1.71 bits per heavy atom. The number of sulfonamides is 1. The second-order valence-corrected chi connectivity index (χ2v) is 6.57. The maximum Gasteiger partial charge on any atom is 0.270 e. The number of anilines is 2. The number of halogens is 2. The molecule has 0 aliphatic carbocycles. The van der Waals surface area contributed by atoms with Crippen LogP contribution in [0.5, 0.6) is 0 Å². The minimum absolute atomic E-state index is 0.158. The van der Waals surface area contributed by atoms with E-state index < -0.39 is 26.6 Å². The van der Waals surface area contributed by atoms with Crippen molar-refractivity contribution in [1.29, 1.82) is 0 Å². The summed E-state index contributed by atoms with van der Waals surface area (Å²) in [4.78, 5) is -0.964. The summed E-state index contributed by atoms with van der Waals surface area (Å²) in [6.07, 6.45) is 0.508. The van der Waals surface area contributed by atoms with Crippen molar-refractivity contribution in [3.63, 3.8) is 0 Å². The summed E-state index contributed by atoms with van der Waals surface area (Å²) in [7, 11) is -4.30. The van der Waals surface area contributed by atoms with Gasteiger partial charge < -0.3 is 5.73 Å². The second kappa shape index (κ2) is 4.70. The molecule has 0 saturated heterocycles. The Bertz CT molecular complexity index is 798. The van der Waals surface area contributed by atoms with Crippen LogP contribution in [-0.2, 0) is 16.4 Å². The fourth-order valence-electron chi connectivity index (χ4n) is 2.49. The lowest BCUT2D eigenvalue weighted by Crippen LogP contribution is -2.30. The van der Waals surface area contributed by atoms with Crippen molar-refractivity contribution in [3.05, 3.63) is 53.6 Å². The Morgan fingerprint density at radius 1 is 1.10 bits per heavy atom. The maximum atomic E-state index is 13.9. The van der Waals surface area contributed by atoms with Crippen molar-refractivity contribution in [3.8, 4) is 0 Å².